The average Bonchev–Trinajstić information content (AvgIpc) is 2.42. The lowest BCUT2D eigenvalue weighted by Gasteiger charge is -2.29. The molecular weight excluding hydrogens is 245 g/mol. The van der Waals surface area contributed by atoms with Crippen molar-refractivity contribution in [3.8, 4) is 0 Å². The van der Waals surface area contributed by atoms with Gasteiger partial charge in [-0.25, -0.2) is 4.39 Å². The minimum atomic E-state index is -0.328. The van der Waals surface area contributed by atoms with Gasteiger partial charge in [0, 0.05) is 12.1 Å². The first kappa shape index (κ1) is 15.4. The summed E-state index contributed by atoms with van der Waals surface area (Å²) >= 11 is 0. The van der Waals surface area contributed by atoms with Gasteiger partial charge in [-0.1, -0.05) is 31.7 Å². The Morgan fingerprint density at radius 3 is 2.79 bits per heavy atom. The second kappa shape index (κ2) is 7.04. The number of hydrogen-bond donors (Lipinski definition) is 1. The Morgan fingerprint density at radius 2 is 2.26 bits per heavy atom. The Balaban J connectivity index is 3.03. The van der Waals surface area contributed by atoms with E-state index in [1.807, 2.05) is 6.92 Å². The first-order valence-corrected chi connectivity index (χ1v) is 6.33. The predicted octanol–water partition coefficient (Wildman–Crippen LogP) is 2.42. The molecule has 19 heavy (non-hydrogen) atoms. The zero-order valence-corrected chi connectivity index (χ0v) is 11.4. The zero-order valence-electron chi connectivity index (χ0n) is 11.4. The van der Waals surface area contributed by atoms with Gasteiger partial charge in [0.15, 0.2) is 0 Å². The molecule has 1 aromatic rings. The zero-order chi connectivity index (χ0) is 14.4. The Hall–Kier alpha value is -1.68. The second-order valence-electron chi connectivity index (χ2n) is 4.46. The number of hydrogen-bond acceptors (Lipinski definition) is 2. The molecule has 0 aliphatic heterocycles. The fourth-order valence-electron chi connectivity index (χ4n) is 1.97. The molecule has 0 bridgehead atoms. The molecule has 104 valence electrons. The van der Waals surface area contributed by atoms with Crippen LogP contribution in [0.15, 0.2) is 30.9 Å². The summed E-state index contributed by atoms with van der Waals surface area (Å²) in [5.74, 6) is -0.612. The first-order valence-electron chi connectivity index (χ1n) is 6.33. The van der Waals surface area contributed by atoms with E-state index in [1.165, 1.54) is 11.0 Å². The third-order valence-electron chi connectivity index (χ3n) is 3.19. The first-order chi connectivity index (χ1) is 9.04. The van der Waals surface area contributed by atoms with E-state index in [0.717, 1.165) is 0 Å². The van der Waals surface area contributed by atoms with Crippen LogP contribution in [0.1, 0.15) is 24.5 Å². The van der Waals surface area contributed by atoms with Gasteiger partial charge in [0.25, 0.3) is 0 Å². The number of nitrogens with zero attached hydrogens (tertiary/aromatic N) is 1. The molecule has 1 amide bonds. The van der Waals surface area contributed by atoms with Gasteiger partial charge in [0.1, 0.15) is 5.82 Å². The summed E-state index contributed by atoms with van der Waals surface area (Å²) in [4.78, 5) is 13.3. The summed E-state index contributed by atoms with van der Waals surface area (Å²) in [7, 11) is 0. The summed E-state index contributed by atoms with van der Waals surface area (Å²) in [6.07, 6.45) is 1.79. The molecule has 0 saturated carbocycles. The third-order valence-corrected chi connectivity index (χ3v) is 3.19. The van der Waals surface area contributed by atoms with Gasteiger partial charge < -0.3 is 10.0 Å². The largest absolute Gasteiger partial charge is 0.394 e. The topological polar surface area (TPSA) is 40.5 Å². The monoisotopic (exact) mass is 265 g/mol. The van der Waals surface area contributed by atoms with Crippen LogP contribution in [0.25, 0.3) is 0 Å². The maximum atomic E-state index is 14.0. The number of carbonyl (C=O) groups is 1. The fourth-order valence-corrected chi connectivity index (χ4v) is 1.97. The molecule has 0 radical (unpaired) electrons. The van der Waals surface area contributed by atoms with Crippen molar-refractivity contribution in [3.63, 3.8) is 0 Å². The van der Waals surface area contributed by atoms with Crippen molar-refractivity contribution in [2.24, 2.45) is 0 Å². The van der Waals surface area contributed by atoms with E-state index in [1.54, 1.807) is 25.1 Å². The van der Waals surface area contributed by atoms with Gasteiger partial charge in [-0.2, -0.15) is 0 Å². The molecule has 1 unspecified atom stereocenters. The molecule has 0 aromatic heterocycles. The Bertz CT molecular complexity index is 455. The summed E-state index contributed by atoms with van der Waals surface area (Å²) in [6.45, 7) is 6.99. The Kier molecular flexibility index (Phi) is 5.70. The average molecular weight is 265 g/mol. The van der Waals surface area contributed by atoms with Crippen LogP contribution in [-0.2, 0) is 11.3 Å². The number of carbonyl (C=O) groups excluding carboxylic acids is 1. The number of rotatable bonds is 6. The molecule has 1 atom stereocenters. The predicted molar refractivity (Wildman–Crippen MR) is 73.0 cm³/mol. The third kappa shape index (κ3) is 3.64. The number of aryl methyl sites for hydroxylation is 1. The van der Waals surface area contributed by atoms with E-state index < -0.39 is 0 Å². The highest BCUT2D eigenvalue weighted by atomic mass is 19.1. The molecular formula is C15H20FNO2. The van der Waals surface area contributed by atoms with E-state index in [2.05, 4.69) is 6.58 Å². The van der Waals surface area contributed by atoms with Crippen LogP contribution >= 0.6 is 0 Å². The molecule has 3 nitrogen and oxygen atoms in total. The van der Waals surface area contributed by atoms with E-state index in [4.69, 9.17) is 0 Å². The van der Waals surface area contributed by atoms with E-state index >= 15 is 0 Å². The van der Waals surface area contributed by atoms with Crippen LogP contribution in [0.3, 0.4) is 0 Å². The highest BCUT2D eigenvalue weighted by Crippen LogP contribution is 2.17. The molecule has 4 heteroatoms. The van der Waals surface area contributed by atoms with Crippen LogP contribution in [-0.4, -0.2) is 28.6 Å². The van der Waals surface area contributed by atoms with E-state index in [0.29, 0.717) is 17.5 Å². The van der Waals surface area contributed by atoms with E-state index in [9.17, 15) is 14.3 Å². The molecule has 0 aliphatic rings. The SMILES string of the molecule is C=CC(=O)N(Cc1cccc(C)c1F)C(CC)CO. The van der Waals surface area contributed by atoms with Gasteiger partial charge in [0.05, 0.1) is 12.6 Å². The quantitative estimate of drug-likeness (QED) is 0.802. The summed E-state index contributed by atoms with van der Waals surface area (Å²) < 4.78 is 14.0. The molecule has 0 heterocycles. The van der Waals surface area contributed by atoms with Crippen molar-refractivity contribution >= 4 is 5.91 Å². The van der Waals surface area contributed by atoms with Crippen LogP contribution < -0.4 is 0 Å². The maximum absolute atomic E-state index is 14.0. The molecule has 1 rings (SSSR count). The van der Waals surface area contributed by atoms with Gasteiger partial charge in [-0.05, 0) is 25.0 Å². The minimum Gasteiger partial charge on any atom is -0.394 e. The van der Waals surface area contributed by atoms with E-state index in [-0.39, 0.29) is 30.9 Å². The number of amides is 1. The molecule has 0 fully saturated rings. The number of aliphatic hydroxyl groups is 1. The van der Waals surface area contributed by atoms with Crippen molar-refractivity contribution in [3.05, 3.63) is 47.8 Å². The van der Waals surface area contributed by atoms with Crippen molar-refractivity contribution in [2.75, 3.05) is 6.61 Å². The van der Waals surface area contributed by atoms with Crippen molar-refractivity contribution < 1.29 is 14.3 Å². The Morgan fingerprint density at radius 1 is 1.58 bits per heavy atom. The summed E-state index contributed by atoms with van der Waals surface area (Å²) in [5, 5.41) is 9.32. The number of benzene rings is 1. The molecule has 0 aliphatic carbocycles. The van der Waals surface area contributed by atoms with Gasteiger partial charge >= 0.3 is 0 Å². The lowest BCUT2D eigenvalue weighted by Crippen LogP contribution is -2.41. The fraction of sp³-hybridized carbons (Fsp3) is 0.400. The minimum absolute atomic E-state index is 0.136. The number of aliphatic hydroxyl groups excluding tert-OH is 1. The number of halogens is 1. The normalized spacial score (nSPS) is 12.0. The molecule has 0 saturated heterocycles. The molecule has 1 N–H and O–H groups in total. The van der Waals surface area contributed by atoms with Crippen molar-refractivity contribution in [1.29, 1.82) is 0 Å². The standard InChI is InChI=1S/C15H20FNO2/c1-4-13(10-18)17(14(19)5-2)9-12-8-6-7-11(3)15(12)16/h5-8,13,18H,2,4,9-10H2,1,3H3. The van der Waals surface area contributed by atoms with Gasteiger partial charge in [0.2, 0.25) is 5.91 Å². The second-order valence-corrected chi connectivity index (χ2v) is 4.46. The van der Waals surface area contributed by atoms with Gasteiger partial charge in [-0.15, -0.1) is 0 Å². The highest BCUT2D eigenvalue weighted by Gasteiger charge is 2.21. The maximum Gasteiger partial charge on any atom is 0.246 e. The van der Waals surface area contributed by atoms with Crippen LogP contribution in [0.4, 0.5) is 4.39 Å². The smallest absolute Gasteiger partial charge is 0.246 e. The Labute approximate surface area is 113 Å². The van der Waals surface area contributed by atoms with Crippen LogP contribution in [0.5, 0.6) is 0 Å². The lowest BCUT2D eigenvalue weighted by molar-refractivity contribution is -0.130. The van der Waals surface area contributed by atoms with Crippen LogP contribution in [0, 0.1) is 12.7 Å². The van der Waals surface area contributed by atoms with Gasteiger partial charge in [-0.3, -0.25) is 4.79 Å². The van der Waals surface area contributed by atoms with Crippen LogP contribution in [0.2, 0.25) is 0 Å². The lowest BCUT2D eigenvalue weighted by atomic mass is 10.1. The highest BCUT2D eigenvalue weighted by molar-refractivity contribution is 5.87. The summed E-state index contributed by atoms with van der Waals surface area (Å²) in [6, 6.07) is 4.76. The summed E-state index contributed by atoms with van der Waals surface area (Å²) in [5.41, 5.74) is 0.989. The van der Waals surface area contributed by atoms with Crippen molar-refractivity contribution in [1.82, 2.24) is 4.90 Å². The molecule has 0 spiro atoms. The molecule has 1 aromatic carbocycles. The van der Waals surface area contributed by atoms with Crippen molar-refractivity contribution in [2.45, 2.75) is 32.9 Å².